The van der Waals surface area contributed by atoms with Gasteiger partial charge in [-0.3, -0.25) is 0 Å². The second-order valence-corrected chi connectivity index (χ2v) is 12.6. The van der Waals surface area contributed by atoms with Gasteiger partial charge in [0, 0.05) is 0 Å². The number of hydrogen-bond donors (Lipinski definition) is 2. The van der Waals surface area contributed by atoms with Gasteiger partial charge in [-0.05, 0) is 0 Å². The first-order valence-corrected chi connectivity index (χ1v) is 15.6. The van der Waals surface area contributed by atoms with Gasteiger partial charge < -0.3 is 0 Å². The van der Waals surface area contributed by atoms with Crippen LogP contribution in [-0.2, 0) is 6.42 Å². The van der Waals surface area contributed by atoms with Crippen molar-refractivity contribution in [2.24, 2.45) is 17.8 Å². The van der Waals surface area contributed by atoms with Gasteiger partial charge in [0.2, 0.25) is 0 Å². The minimum absolute atomic E-state index is 0.303. The first-order chi connectivity index (χ1) is 16.0. The molecule has 3 radical (unpaired) electrons. The van der Waals surface area contributed by atoms with E-state index in [0.29, 0.717) is 11.6 Å². The molecule has 3 aromatic rings. The zero-order chi connectivity index (χ0) is 22.6. The number of anilines is 1. The van der Waals surface area contributed by atoms with Gasteiger partial charge in [-0.15, -0.1) is 0 Å². The quantitative estimate of drug-likeness (QED) is 0.333. The molecule has 3 atom stereocenters. The van der Waals surface area contributed by atoms with Crippen molar-refractivity contribution in [2.75, 3.05) is 16.0 Å². The van der Waals surface area contributed by atoms with Crippen molar-refractivity contribution in [1.82, 2.24) is 9.88 Å². The molecule has 33 heavy (non-hydrogen) atoms. The SMILES string of the molecule is CC1CC2CC(C)CC(Nc3ccc(C4c5[nH]c6ccccc6c5CCN4[CH2][Pb])cc3)(C1)C2. The Morgan fingerprint density at radius 3 is 2.45 bits per heavy atom. The third-order valence-electron chi connectivity index (χ3n) is 8.60. The molecule has 2 bridgehead atoms. The Morgan fingerprint density at radius 1 is 1.00 bits per heavy atom. The van der Waals surface area contributed by atoms with E-state index in [4.69, 9.17) is 0 Å². The molecule has 6 rings (SSSR count). The van der Waals surface area contributed by atoms with Crippen LogP contribution >= 0.6 is 0 Å². The second-order valence-electron chi connectivity index (χ2n) is 11.4. The topological polar surface area (TPSA) is 31.1 Å². The standard InChI is InChI=1S/C29H36N3.Pb/c1-19-14-21-15-20(2)17-29(16-19,18-21)31-23-10-8-22(9-11-23)28-27-25(12-13-32(28)3)24-6-4-5-7-26(24)30-27;/h4-11,19-21,28,30-31H,3,12-18H2,1-2H3;. The van der Waals surface area contributed by atoms with Crippen LogP contribution < -0.4 is 5.32 Å². The molecule has 0 amide bonds. The fraction of sp³-hybridized carbons (Fsp3) is 0.517. The Morgan fingerprint density at radius 2 is 1.73 bits per heavy atom. The van der Waals surface area contributed by atoms with Crippen molar-refractivity contribution in [3.63, 3.8) is 0 Å². The third-order valence-corrected chi connectivity index (χ3v) is 10.2. The van der Waals surface area contributed by atoms with E-state index in [1.807, 2.05) is 0 Å². The normalized spacial score (nSPS) is 32.0. The van der Waals surface area contributed by atoms with Gasteiger partial charge in [-0.25, -0.2) is 0 Å². The molecular weight excluding hydrogens is 598 g/mol. The van der Waals surface area contributed by atoms with Crippen LogP contribution in [0.1, 0.15) is 68.8 Å². The van der Waals surface area contributed by atoms with E-state index in [-0.39, 0.29) is 0 Å². The summed E-state index contributed by atoms with van der Waals surface area (Å²) in [7, 11) is 0. The number of benzene rings is 2. The van der Waals surface area contributed by atoms with Crippen LogP contribution in [0.25, 0.3) is 10.9 Å². The van der Waals surface area contributed by atoms with Crippen molar-refractivity contribution >= 4 is 42.4 Å². The Kier molecular flexibility index (Phi) is 5.84. The molecule has 2 aliphatic carbocycles. The van der Waals surface area contributed by atoms with Crippen LogP contribution in [0.15, 0.2) is 48.5 Å². The molecule has 2 heterocycles. The van der Waals surface area contributed by atoms with Crippen molar-refractivity contribution in [1.29, 1.82) is 0 Å². The fourth-order valence-corrected chi connectivity index (χ4v) is 9.08. The molecule has 0 saturated heterocycles. The molecule has 2 aromatic carbocycles. The van der Waals surface area contributed by atoms with Crippen LogP contribution in [0.2, 0.25) is 0 Å². The summed E-state index contributed by atoms with van der Waals surface area (Å²) in [6, 6.07) is 18.7. The maximum absolute atomic E-state index is 4.07. The number of rotatable bonds is 4. The number of aromatic nitrogens is 1. The van der Waals surface area contributed by atoms with Gasteiger partial charge in [-0.1, -0.05) is 0 Å². The molecule has 4 heteroatoms. The molecule has 3 nitrogen and oxygen atoms in total. The van der Waals surface area contributed by atoms with Gasteiger partial charge >= 0.3 is 215 Å². The Labute approximate surface area is 214 Å². The van der Waals surface area contributed by atoms with E-state index < -0.39 is 0 Å². The molecule has 1 aromatic heterocycles. The summed E-state index contributed by atoms with van der Waals surface area (Å²) in [6.07, 6.45) is 8.01. The third kappa shape index (κ3) is 4.07. The summed E-state index contributed by atoms with van der Waals surface area (Å²) < 4.78 is 1.21. The molecule has 2 fully saturated rings. The minimum atomic E-state index is 0.303. The first-order valence-electron chi connectivity index (χ1n) is 12.9. The molecule has 3 aliphatic rings. The first kappa shape index (κ1) is 22.1. The van der Waals surface area contributed by atoms with Crippen LogP contribution in [0, 0.1) is 17.8 Å². The number of fused-ring (bicyclic) bond motifs is 5. The molecule has 2 N–H and O–H groups in total. The van der Waals surface area contributed by atoms with Crippen molar-refractivity contribution < 1.29 is 0 Å². The van der Waals surface area contributed by atoms with Crippen molar-refractivity contribution in [3.05, 3.63) is 65.4 Å². The number of nitrogens with one attached hydrogen (secondary N) is 2. The number of H-pyrrole nitrogens is 1. The van der Waals surface area contributed by atoms with Gasteiger partial charge in [-0.2, -0.15) is 0 Å². The molecule has 0 spiro atoms. The summed E-state index contributed by atoms with van der Waals surface area (Å²) in [4.78, 5) is 6.49. The van der Waals surface area contributed by atoms with E-state index in [1.54, 1.807) is 0 Å². The van der Waals surface area contributed by atoms with Crippen LogP contribution in [0.5, 0.6) is 0 Å². The predicted octanol–water partition coefficient (Wildman–Crippen LogP) is 6.26. The predicted molar refractivity (Wildman–Crippen MR) is 139 cm³/mol. The average molecular weight is 634 g/mol. The molecule has 171 valence electrons. The van der Waals surface area contributed by atoms with Crippen LogP contribution in [-0.4, -0.2) is 51.8 Å². The van der Waals surface area contributed by atoms with Crippen LogP contribution in [0.4, 0.5) is 5.69 Å². The second kappa shape index (κ2) is 8.71. The van der Waals surface area contributed by atoms with E-state index >= 15 is 0 Å². The summed E-state index contributed by atoms with van der Waals surface area (Å²) in [5, 5.41) is 5.48. The average Bonchev–Trinajstić information content (AvgIpc) is 3.16. The Hall–Kier alpha value is -1.34. The van der Waals surface area contributed by atoms with Gasteiger partial charge in [0.25, 0.3) is 0 Å². The van der Waals surface area contributed by atoms with E-state index in [9.17, 15) is 0 Å². The van der Waals surface area contributed by atoms with E-state index in [2.05, 4.69) is 77.6 Å². The number of para-hydroxylation sites is 1. The Bertz CT molecular complexity index is 1110. The van der Waals surface area contributed by atoms with Crippen LogP contribution in [0.3, 0.4) is 0 Å². The van der Waals surface area contributed by atoms with Crippen molar-refractivity contribution in [2.45, 2.75) is 64.0 Å². The fourth-order valence-electron chi connectivity index (χ4n) is 7.75. The Balaban J connectivity index is 1.30. The molecular formula is C29H36N3Pb. The number of aromatic amines is 1. The summed E-state index contributed by atoms with van der Waals surface area (Å²) >= 11 is 1.20. The maximum atomic E-state index is 4.07. The van der Waals surface area contributed by atoms with Crippen molar-refractivity contribution in [3.8, 4) is 0 Å². The summed E-state index contributed by atoms with van der Waals surface area (Å²) in [6.45, 7) is 6.08. The zero-order valence-corrected chi connectivity index (χ0v) is 23.9. The molecule has 1 aliphatic heterocycles. The number of hydrogen-bond acceptors (Lipinski definition) is 2. The zero-order valence-electron chi connectivity index (χ0n) is 20.0. The molecule has 3 unspecified atom stereocenters. The van der Waals surface area contributed by atoms with E-state index in [1.165, 1.54) is 95.4 Å². The number of nitrogens with zero attached hydrogens (tertiary/aromatic N) is 1. The molecule has 2 saturated carbocycles. The van der Waals surface area contributed by atoms with E-state index in [0.717, 1.165) is 30.7 Å². The monoisotopic (exact) mass is 634 g/mol. The summed E-state index contributed by atoms with van der Waals surface area (Å²) in [5.74, 6) is 2.59. The summed E-state index contributed by atoms with van der Waals surface area (Å²) in [5.41, 5.74) is 7.27. The van der Waals surface area contributed by atoms with Gasteiger partial charge in [0.15, 0.2) is 0 Å². The van der Waals surface area contributed by atoms with Gasteiger partial charge in [0.05, 0.1) is 0 Å². The van der Waals surface area contributed by atoms with Gasteiger partial charge in [0.1, 0.15) is 0 Å².